The smallest absolute Gasteiger partial charge is 0.327 e. The number of halogens is 2. The quantitative estimate of drug-likeness (QED) is 0.340. The molecule has 0 aliphatic carbocycles. The number of rotatable bonds is 7. The number of hydrogen-bond acceptors (Lipinski definition) is 8. The summed E-state index contributed by atoms with van der Waals surface area (Å²) in [7, 11) is 4.49. The van der Waals surface area contributed by atoms with Gasteiger partial charge in [0.1, 0.15) is 39.5 Å². The van der Waals surface area contributed by atoms with E-state index < -0.39 is 6.03 Å². The van der Waals surface area contributed by atoms with Crippen LogP contribution in [0.1, 0.15) is 13.8 Å². The van der Waals surface area contributed by atoms with Crippen LogP contribution in [-0.4, -0.2) is 63.4 Å². The number of hydrogen-bond donors (Lipinski definition) is 3. The van der Waals surface area contributed by atoms with Gasteiger partial charge in [0, 0.05) is 56.7 Å². The number of nitrogens with one attached hydrogen (secondary N) is 3. The summed E-state index contributed by atoms with van der Waals surface area (Å²) in [6.07, 6.45) is 1.38. The van der Waals surface area contributed by atoms with E-state index in [1.807, 2.05) is 26.0 Å². The topological polar surface area (TPSA) is 104 Å². The van der Waals surface area contributed by atoms with E-state index in [4.69, 9.17) is 32.7 Å². The fraction of sp³-hybridized carbons (Fsp3) is 0.346. The number of anilines is 5. The average Bonchev–Trinajstić information content (AvgIpc) is 2.97. The van der Waals surface area contributed by atoms with E-state index in [0.29, 0.717) is 23.1 Å². The first-order chi connectivity index (χ1) is 18.4. The number of nitrogens with zero attached hydrogens (tertiary/aromatic N) is 4. The van der Waals surface area contributed by atoms with Crippen molar-refractivity contribution in [2.45, 2.75) is 13.8 Å². The van der Waals surface area contributed by atoms with Gasteiger partial charge in [0.15, 0.2) is 0 Å². The molecule has 1 aromatic heterocycles. The number of carbonyl (C=O) groups is 1. The normalized spacial score (nSPS) is 12.7. The highest BCUT2D eigenvalue weighted by molar-refractivity contribution is 6.41. The third-order valence-electron chi connectivity index (χ3n) is 5.73. The van der Waals surface area contributed by atoms with Crippen LogP contribution in [0, 0.1) is 0 Å². The van der Waals surface area contributed by atoms with Crippen LogP contribution in [0.4, 0.5) is 33.5 Å². The van der Waals surface area contributed by atoms with E-state index in [0.717, 1.165) is 31.9 Å². The van der Waals surface area contributed by atoms with Crippen LogP contribution in [0.25, 0.3) is 0 Å². The zero-order valence-electron chi connectivity index (χ0n) is 22.1. The van der Waals surface area contributed by atoms with Crippen LogP contribution in [0.5, 0.6) is 11.5 Å². The molecule has 3 aromatic rings. The summed E-state index contributed by atoms with van der Waals surface area (Å²) in [6, 6.07) is 10.8. The Balaban J connectivity index is 0.00000195. The minimum Gasteiger partial charge on any atom is -0.495 e. The molecule has 1 saturated heterocycles. The molecule has 10 nitrogen and oxygen atoms in total. The van der Waals surface area contributed by atoms with E-state index in [1.54, 1.807) is 19.2 Å². The van der Waals surface area contributed by atoms with Crippen molar-refractivity contribution in [3.05, 3.63) is 52.8 Å². The molecule has 2 amide bonds. The average molecular weight is 563 g/mol. The molecule has 3 N–H and O–H groups in total. The van der Waals surface area contributed by atoms with Gasteiger partial charge in [0.2, 0.25) is 0 Å². The maximum atomic E-state index is 13.0. The van der Waals surface area contributed by atoms with E-state index in [-0.39, 0.29) is 15.7 Å². The fourth-order valence-corrected chi connectivity index (χ4v) is 4.31. The maximum absolute atomic E-state index is 13.0. The molecule has 0 radical (unpaired) electrons. The second-order valence-electron chi connectivity index (χ2n) is 7.94. The molecule has 1 aliphatic heterocycles. The van der Waals surface area contributed by atoms with Gasteiger partial charge >= 0.3 is 6.03 Å². The Morgan fingerprint density at radius 1 is 1.00 bits per heavy atom. The molecule has 12 heteroatoms. The SMILES string of the molecule is CC.COc1cc(OC)c(Cl)c(NC(=O)N(C)c2cc(Nc3ccc(N4CCNCC4)cc3)ncn2)c1Cl. The van der Waals surface area contributed by atoms with E-state index in [9.17, 15) is 4.79 Å². The highest BCUT2D eigenvalue weighted by Crippen LogP contribution is 2.44. The Morgan fingerprint density at radius 2 is 1.61 bits per heavy atom. The Bertz CT molecular complexity index is 1190. The van der Waals surface area contributed by atoms with Crippen LogP contribution >= 0.6 is 23.2 Å². The zero-order valence-corrected chi connectivity index (χ0v) is 23.7. The van der Waals surface area contributed by atoms with E-state index >= 15 is 0 Å². The highest BCUT2D eigenvalue weighted by atomic mass is 35.5. The van der Waals surface area contributed by atoms with Gasteiger partial charge in [-0.3, -0.25) is 4.90 Å². The molecule has 0 unspecified atom stereocenters. The summed E-state index contributed by atoms with van der Waals surface area (Å²) in [5.74, 6) is 1.53. The first kappa shape index (κ1) is 29.1. The summed E-state index contributed by atoms with van der Waals surface area (Å²) in [5.41, 5.74) is 2.21. The monoisotopic (exact) mass is 561 g/mol. The van der Waals surface area contributed by atoms with Crippen LogP contribution < -0.4 is 35.2 Å². The molecule has 2 aromatic carbocycles. The number of urea groups is 1. The van der Waals surface area contributed by atoms with Crippen molar-refractivity contribution in [3.63, 3.8) is 0 Å². The van der Waals surface area contributed by atoms with Crippen LogP contribution in [0.3, 0.4) is 0 Å². The fourth-order valence-electron chi connectivity index (χ4n) is 3.72. The molecule has 1 fully saturated rings. The van der Waals surface area contributed by atoms with Gasteiger partial charge in [-0.25, -0.2) is 14.8 Å². The molecule has 1 aliphatic rings. The van der Waals surface area contributed by atoms with Crippen LogP contribution in [0.15, 0.2) is 42.7 Å². The van der Waals surface area contributed by atoms with Gasteiger partial charge in [-0.2, -0.15) is 0 Å². The standard InChI is InChI=1S/C24H27Cl2N7O3.C2H6/c1-32(24(34)31-23-21(25)17(35-2)12-18(36-3)22(23)26)20-13-19(28-14-29-20)30-15-4-6-16(7-5-15)33-10-8-27-9-11-33;1-2/h4-7,12-14,27H,8-11H2,1-3H3,(H,31,34)(H,28,29,30);1-2H3. The van der Waals surface area contributed by atoms with Gasteiger partial charge < -0.3 is 30.3 Å². The predicted octanol–water partition coefficient (Wildman–Crippen LogP) is 5.65. The summed E-state index contributed by atoms with van der Waals surface area (Å²) in [5, 5.41) is 9.62. The van der Waals surface area contributed by atoms with Gasteiger partial charge in [0.25, 0.3) is 0 Å². The molecular weight excluding hydrogens is 529 g/mol. The largest absolute Gasteiger partial charge is 0.495 e. The lowest BCUT2D eigenvalue weighted by Crippen LogP contribution is -2.43. The number of piperazine rings is 1. The van der Waals surface area contributed by atoms with E-state index in [2.05, 4.69) is 43.0 Å². The van der Waals surface area contributed by atoms with Crippen molar-refractivity contribution in [2.75, 3.05) is 67.9 Å². The lowest BCUT2D eigenvalue weighted by atomic mass is 10.2. The minimum atomic E-state index is -0.515. The summed E-state index contributed by atoms with van der Waals surface area (Å²) < 4.78 is 10.5. The molecular formula is C26H33Cl2N7O3. The molecule has 0 bridgehead atoms. The number of benzene rings is 2. The molecule has 2 heterocycles. The Morgan fingerprint density at radius 3 is 2.18 bits per heavy atom. The van der Waals surface area contributed by atoms with Gasteiger partial charge in [-0.1, -0.05) is 37.0 Å². The molecule has 38 heavy (non-hydrogen) atoms. The first-order valence-corrected chi connectivity index (χ1v) is 13.0. The summed E-state index contributed by atoms with van der Waals surface area (Å²) in [4.78, 5) is 25.1. The van der Waals surface area contributed by atoms with Crippen LogP contribution in [-0.2, 0) is 0 Å². The number of ether oxygens (including phenoxy) is 2. The van der Waals surface area contributed by atoms with Crippen LogP contribution in [0.2, 0.25) is 10.0 Å². The first-order valence-electron chi connectivity index (χ1n) is 12.2. The Labute approximate surface area is 233 Å². The van der Waals surface area contributed by atoms with E-state index in [1.165, 1.54) is 31.1 Å². The molecule has 204 valence electrons. The van der Waals surface area contributed by atoms with Crippen molar-refractivity contribution < 1.29 is 14.3 Å². The zero-order chi connectivity index (χ0) is 27.7. The summed E-state index contributed by atoms with van der Waals surface area (Å²) in [6.45, 7) is 7.92. The van der Waals surface area contributed by atoms with Crippen molar-refractivity contribution in [1.29, 1.82) is 0 Å². The summed E-state index contributed by atoms with van der Waals surface area (Å²) >= 11 is 12.7. The lowest BCUT2D eigenvalue weighted by Gasteiger charge is -2.29. The molecule has 0 saturated carbocycles. The van der Waals surface area contributed by atoms with Gasteiger partial charge in [-0.05, 0) is 24.3 Å². The van der Waals surface area contributed by atoms with Crippen molar-refractivity contribution in [1.82, 2.24) is 15.3 Å². The number of carbonyl (C=O) groups excluding carboxylic acids is 1. The molecule has 0 atom stereocenters. The minimum absolute atomic E-state index is 0.152. The maximum Gasteiger partial charge on any atom is 0.327 e. The highest BCUT2D eigenvalue weighted by Gasteiger charge is 2.22. The third kappa shape index (κ3) is 6.89. The number of aromatic nitrogens is 2. The van der Waals surface area contributed by atoms with Crippen molar-refractivity contribution in [2.24, 2.45) is 0 Å². The third-order valence-corrected chi connectivity index (χ3v) is 6.48. The second kappa shape index (κ2) is 13.9. The molecule has 4 rings (SSSR count). The lowest BCUT2D eigenvalue weighted by molar-refractivity contribution is 0.258. The predicted molar refractivity (Wildman–Crippen MR) is 155 cm³/mol. The second-order valence-corrected chi connectivity index (χ2v) is 8.70. The number of methoxy groups -OCH3 is 2. The number of amides is 2. The molecule has 0 spiro atoms. The van der Waals surface area contributed by atoms with Crippen molar-refractivity contribution >= 4 is 57.9 Å². The van der Waals surface area contributed by atoms with Crippen molar-refractivity contribution in [3.8, 4) is 11.5 Å². The van der Waals surface area contributed by atoms with Gasteiger partial charge in [0.05, 0.1) is 19.9 Å². The van der Waals surface area contributed by atoms with Gasteiger partial charge in [-0.15, -0.1) is 0 Å². The Hall–Kier alpha value is -3.47. The Kier molecular flexibility index (Phi) is 10.6.